The molecule has 6 heterocycles. The summed E-state index contributed by atoms with van der Waals surface area (Å²) in [5.41, 5.74) is 16.5. The van der Waals surface area contributed by atoms with Crippen molar-refractivity contribution in [1.82, 2.24) is 33.6 Å². The molecule has 7 nitrogen and oxygen atoms in total. The van der Waals surface area contributed by atoms with E-state index in [1.54, 1.807) is 0 Å². The van der Waals surface area contributed by atoms with Gasteiger partial charge in [0.15, 0.2) is 0 Å². The summed E-state index contributed by atoms with van der Waals surface area (Å²) < 4.78 is 6.88. The molecule has 13 rings (SSSR count). The van der Waals surface area contributed by atoms with Gasteiger partial charge in [-0.3, -0.25) is 14.5 Å². The van der Waals surface area contributed by atoms with Crippen LogP contribution in [0.2, 0.25) is 0 Å². The number of para-hydroxylation sites is 2. The Morgan fingerprint density at radius 1 is 0.286 bits per heavy atom. The molecule has 0 aliphatic heterocycles. The van der Waals surface area contributed by atoms with Crippen LogP contribution in [0.4, 0.5) is 0 Å². The predicted octanol–water partition coefficient (Wildman–Crippen LogP) is 13.6. The first kappa shape index (κ1) is 35.1. The van der Waals surface area contributed by atoms with Gasteiger partial charge in [0, 0.05) is 56.4 Å². The number of hydrogen-bond acceptors (Lipinski definition) is 4. The lowest BCUT2D eigenvalue weighted by atomic mass is 10.0. The van der Waals surface area contributed by atoms with Gasteiger partial charge in [-0.05, 0) is 90.0 Å². The molecule has 0 aliphatic carbocycles. The first-order chi connectivity index (χ1) is 31.2. The molecule has 13 aromatic rings. The van der Waals surface area contributed by atoms with Gasteiger partial charge in [-0.2, -0.15) is 0 Å². The lowest BCUT2D eigenvalue weighted by Crippen LogP contribution is -2.03. The minimum Gasteiger partial charge on any atom is -0.309 e. The molecule has 294 valence electrons. The second-order valence-electron chi connectivity index (χ2n) is 15.9. The number of aromatic nitrogens is 7. The van der Waals surface area contributed by atoms with Crippen molar-refractivity contribution in [3.05, 3.63) is 213 Å². The fraction of sp³-hybridized carbons (Fsp3) is 0. The molecule has 0 atom stereocenters. The average molecular weight is 806 g/mol. The molecule has 0 N–H and O–H groups in total. The van der Waals surface area contributed by atoms with E-state index in [0.717, 1.165) is 99.9 Å². The predicted molar refractivity (Wildman–Crippen MR) is 257 cm³/mol. The van der Waals surface area contributed by atoms with Crippen molar-refractivity contribution in [2.24, 2.45) is 0 Å². The van der Waals surface area contributed by atoms with E-state index in [9.17, 15) is 0 Å². The Balaban J connectivity index is 0.984. The third kappa shape index (κ3) is 5.53. The molecular formula is C56H35N7. The van der Waals surface area contributed by atoms with Crippen LogP contribution in [0.15, 0.2) is 213 Å². The summed E-state index contributed by atoms with van der Waals surface area (Å²) in [4.78, 5) is 19.9. The third-order valence-corrected chi connectivity index (χ3v) is 12.4. The van der Waals surface area contributed by atoms with E-state index in [0.29, 0.717) is 5.95 Å². The zero-order chi connectivity index (χ0) is 41.4. The topological polar surface area (TPSA) is 66.3 Å². The normalized spacial score (nSPS) is 11.8. The maximum Gasteiger partial charge on any atom is 0.235 e. The van der Waals surface area contributed by atoms with Crippen LogP contribution in [0.25, 0.3) is 117 Å². The molecule has 7 heteroatoms. The SMILES string of the molecule is c1ccc(-c2cc(-c3ccccc3)nc(-n3c4ccccc4c4cc(-c5ccc6c7ccccc7n(-c7cccc(-n8c9cccnc9c9ncccc98)c7)c6c5)ccc43)n2)cc1. The van der Waals surface area contributed by atoms with Crippen molar-refractivity contribution >= 4 is 65.7 Å². The molecule has 7 aromatic carbocycles. The second-order valence-corrected chi connectivity index (χ2v) is 15.9. The van der Waals surface area contributed by atoms with Crippen molar-refractivity contribution in [2.45, 2.75) is 0 Å². The molecule has 0 spiro atoms. The molecule has 6 aromatic heterocycles. The van der Waals surface area contributed by atoms with Gasteiger partial charge in [0.25, 0.3) is 0 Å². The molecule has 0 saturated heterocycles. The number of rotatable bonds is 6. The van der Waals surface area contributed by atoms with Crippen molar-refractivity contribution in [3.63, 3.8) is 0 Å². The molecule has 0 radical (unpaired) electrons. The van der Waals surface area contributed by atoms with Gasteiger partial charge in [-0.15, -0.1) is 0 Å². The number of nitrogens with zero attached hydrogens (tertiary/aromatic N) is 7. The third-order valence-electron chi connectivity index (χ3n) is 12.4. The van der Waals surface area contributed by atoms with Crippen LogP contribution in [0.3, 0.4) is 0 Å². The number of benzene rings is 7. The van der Waals surface area contributed by atoms with Gasteiger partial charge < -0.3 is 9.13 Å². The maximum absolute atomic E-state index is 5.24. The summed E-state index contributed by atoms with van der Waals surface area (Å²) in [5.74, 6) is 0.635. The van der Waals surface area contributed by atoms with Gasteiger partial charge in [-0.25, -0.2) is 9.97 Å². The minimum atomic E-state index is 0.635. The van der Waals surface area contributed by atoms with E-state index in [1.807, 2.05) is 36.7 Å². The van der Waals surface area contributed by atoms with Crippen molar-refractivity contribution in [1.29, 1.82) is 0 Å². The monoisotopic (exact) mass is 805 g/mol. The van der Waals surface area contributed by atoms with Crippen molar-refractivity contribution < 1.29 is 0 Å². The Labute approximate surface area is 361 Å². The fourth-order valence-corrected chi connectivity index (χ4v) is 9.54. The molecule has 0 fully saturated rings. The zero-order valence-electron chi connectivity index (χ0n) is 33.8. The standard InChI is InChI=1S/C56H35N7/c1-3-14-36(15-4-1)46-35-47(37-16-5-2-6-17-37)60-56(59-46)63-49-23-10-8-21-43(49)45-32-38(27-29-50(45)63)39-26-28-44-42-20-7-9-22-48(42)61(53(44)33-39)40-18-11-19-41(34-40)62-51-24-12-30-57-54(51)55-52(62)25-13-31-58-55/h1-35H. The Morgan fingerprint density at radius 3 is 1.43 bits per heavy atom. The molecule has 0 bridgehead atoms. The van der Waals surface area contributed by atoms with E-state index in [-0.39, 0.29) is 0 Å². The van der Waals surface area contributed by atoms with Gasteiger partial charge in [-0.1, -0.05) is 121 Å². The Bertz CT molecular complexity index is 3810. The summed E-state index contributed by atoms with van der Waals surface area (Å²) in [7, 11) is 0. The first-order valence-electron chi connectivity index (χ1n) is 21.1. The highest BCUT2D eigenvalue weighted by Gasteiger charge is 2.20. The van der Waals surface area contributed by atoms with Gasteiger partial charge in [0.1, 0.15) is 11.0 Å². The summed E-state index contributed by atoms with van der Waals surface area (Å²) in [6.07, 6.45) is 3.67. The Hall–Kier alpha value is -8.68. The van der Waals surface area contributed by atoms with Crippen LogP contribution in [0, 0.1) is 0 Å². The van der Waals surface area contributed by atoms with E-state index in [4.69, 9.17) is 19.9 Å². The molecule has 0 unspecified atom stereocenters. The zero-order valence-corrected chi connectivity index (χ0v) is 33.8. The minimum absolute atomic E-state index is 0.635. The molecule has 63 heavy (non-hydrogen) atoms. The number of hydrogen-bond donors (Lipinski definition) is 0. The van der Waals surface area contributed by atoms with Gasteiger partial charge in [0.2, 0.25) is 5.95 Å². The first-order valence-corrected chi connectivity index (χ1v) is 21.1. The quantitative estimate of drug-likeness (QED) is 0.168. The number of fused-ring (bicyclic) bond motifs is 9. The van der Waals surface area contributed by atoms with Gasteiger partial charge in [0.05, 0.1) is 44.5 Å². The highest BCUT2D eigenvalue weighted by molar-refractivity contribution is 6.12. The van der Waals surface area contributed by atoms with Crippen molar-refractivity contribution in [3.8, 4) is 51.0 Å². The van der Waals surface area contributed by atoms with Crippen LogP contribution < -0.4 is 0 Å². The molecule has 0 saturated carbocycles. The second kappa shape index (κ2) is 13.9. The molecule has 0 amide bonds. The number of pyridine rings is 2. The highest BCUT2D eigenvalue weighted by Crippen LogP contribution is 2.39. The highest BCUT2D eigenvalue weighted by atomic mass is 15.2. The van der Waals surface area contributed by atoms with Crippen LogP contribution in [0.1, 0.15) is 0 Å². The van der Waals surface area contributed by atoms with Crippen LogP contribution in [0.5, 0.6) is 0 Å². The van der Waals surface area contributed by atoms with Gasteiger partial charge >= 0.3 is 0 Å². The van der Waals surface area contributed by atoms with E-state index >= 15 is 0 Å². The molecular weight excluding hydrogens is 771 g/mol. The Kier molecular flexibility index (Phi) is 7.77. The summed E-state index contributed by atoms with van der Waals surface area (Å²) in [5, 5.41) is 4.70. The largest absolute Gasteiger partial charge is 0.309 e. The summed E-state index contributed by atoms with van der Waals surface area (Å²) in [6, 6.07) is 70.7. The average Bonchev–Trinajstić information content (AvgIpc) is 4.00. The van der Waals surface area contributed by atoms with Crippen LogP contribution in [-0.2, 0) is 0 Å². The Morgan fingerprint density at radius 2 is 0.778 bits per heavy atom. The summed E-state index contributed by atoms with van der Waals surface area (Å²) >= 11 is 0. The summed E-state index contributed by atoms with van der Waals surface area (Å²) in [6.45, 7) is 0. The van der Waals surface area contributed by atoms with E-state index in [2.05, 4.69) is 190 Å². The van der Waals surface area contributed by atoms with Crippen LogP contribution >= 0.6 is 0 Å². The fourth-order valence-electron chi connectivity index (χ4n) is 9.54. The van der Waals surface area contributed by atoms with E-state index < -0.39 is 0 Å². The lowest BCUT2D eigenvalue weighted by Gasteiger charge is -2.13. The van der Waals surface area contributed by atoms with E-state index in [1.165, 1.54) is 10.8 Å². The smallest absolute Gasteiger partial charge is 0.235 e. The maximum atomic E-state index is 5.24. The van der Waals surface area contributed by atoms with Crippen LogP contribution in [-0.4, -0.2) is 33.6 Å². The molecule has 0 aliphatic rings. The lowest BCUT2D eigenvalue weighted by molar-refractivity contribution is 0.995. The van der Waals surface area contributed by atoms with Crippen molar-refractivity contribution in [2.75, 3.05) is 0 Å².